The van der Waals surface area contributed by atoms with Gasteiger partial charge in [-0.3, -0.25) is 4.79 Å². The monoisotopic (exact) mass is 376 g/mol. The summed E-state index contributed by atoms with van der Waals surface area (Å²) < 4.78 is 38.6. The second-order valence-corrected chi connectivity index (χ2v) is 7.00. The number of nitrogens with one attached hydrogen (secondary N) is 2. The molecule has 1 saturated heterocycles. The molecule has 144 valence electrons. The summed E-state index contributed by atoms with van der Waals surface area (Å²) in [5.41, 5.74) is 1.47. The van der Waals surface area contributed by atoms with E-state index in [1.54, 1.807) is 13.0 Å². The molecule has 1 fully saturated rings. The number of benzene rings is 2. The van der Waals surface area contributed by atoms with E-state index in [2.05, 4.69) is 10.6 Å². The first-order valence-electron chi connectivity index (χ1n) is 9.13. The Labute approximate surface area is 157 Å². The van der Waals surface area contributed by atoms with Gasteiger partial charge in [0.25, 0.3) is 0 Å². The van der Waals surface area contributed by atoms with Crippen molar-refractivity contribution in [2.75, 3.05) is 18.4 Å². The summed E-state index contributed by atoms with van der Waals surface area (Å²) in [6.45, 7) is 3.61. The predicted molar refractivity (Wildman–Crippen MR) is 99.8 cm³/mol. The van der Waals surface area contributed by atoms with Crippen LogP contribution in [0.15, 0.2) is 48.5 Å². The zero-order chi connectivity index (χ0) is 19.4. The highest BCUT2D eigenvalue weighted by Gasteiger charge is 2.31. The lowest BCUT2D eigenvalue weighted by Gasteiger charge is -2.23. The van der Waals surface area contributed by atoms with Gasteiger partial charge in [-0.2, -0.15) is 13.2 Å². The van der Waals surface area contributed by atoms with Gasteiger partial charge in [0.05, 0.1) is 11.5 Å². The van der Waals surface area contributed by atoms with Crippen LogP contribution in [0.1, 0.15) is 48.3 Å². The molecule has 0 aliphatic carbocycles. The number of piperidine rings is 1. The van der Waals surface area contributed by atoms with Crippen LogP contribution in [0.5, 0.6) is 0 Å². The number of halogens is 3. The van der Waals surface area contributed by atoms with Gasteiger partial charge in [0.1, 0.15) is 0 Å². The SMILES string of the molecule is C[C@H](C(=O)Nc1ccc(C2CCCNC2)cc1)c1cccc(C(F)(F)F)c1. The Morgan fingerprint density at radius 3 is 2.56 bits per heavy atom. The number of carbonyl (C=O) groups is 1. The number of carbonyl (C=O) groups excluding carboxylic acids is 1. The van der Waals surface area contributed by atoms with Crippen LogP contribution in [0.4, 0.5) is 18.9 Å². The topological polar surface area (TPSA) is 41.1 Å². The summed E-state index contributed by atoms with van der Waals surface area (Å²) in [7, 11) is 0. The molecule has 1 aliphatic heterocycles. The molecule has 6 heteroatoms. The molecule has 0 bridgehead atoms. The van der Waals surface area contributed by atoms with Gasteiger partial charge in [0.15, 0.2) is 0 Å². The normalized spacial score (nSPS) is 18.7. The molecule has 2 atom stereocenters. The molecule has 0 spiro atoms. The van der Waals surface area contributed by atoms with Gasteiger partial charge in [0.2, 0.25) is 5.91 Å². The van der Waals surface area contributed by atoms with Crippen LogP contribution in [-0.4, -0.2) is 19.0 Å². The van der Waals surface area contributed by atoms with E-state index in [9.17, 15) is 18.0 Å². The van der Waals surface area contributed by atoms with E-state index in [0.717, 1.165) is 38.1 Å². The third-order valence-corrected chi connectivity index (χ3v) is 5.05. The lowest BCUT2D eigenvalue weighted by Crippen LogP contribution is -2.28. The highest BCUT2D eigenvalue weighted by molar-refractivity contribution is 5.95. The van der Waals surface area contributed by atoms with Crippen LogP contribution in [-0.2, 0) is 11.0 Å². The number of hydrogen-bond acceptors (Lipinski definition) is 2. The van der Waals surface area contributed by atoms with Crippen LogP contribution in [0.2, 0.25) is 0 Å². The van der Waals surface area contributed by atoms with E-state index in [1.165, 1.54) is 11.6 Å². The highest BCUT2D eigenvalue weighted by atomic mass is 19.4. The Morgan fingerprint density at radius 2 is 1.93 bits per heavy atom. The molecule has 0 saturated carbocycles. The van der Waals surface area contributed by atoms with Gasteiger partial charge in [-0.05, 0) is 61.6 Å². The minimum absolute atomic E-state index is 0.332. The average molecular weight is 376 g/mol. The molecule has 1 amide bonds. The van der Waals surface area contributed by atoms with Crippen molar-refractivity contribution in [2.24, 2.45) is 0 Å². The van der Waals surface area contributed by atoms with Crippen molar-refractivity contribution in [2.45, 2.75) is 37.8 Å². The van der Waals surface area contributed by atoms with E-state index in [0.29, 0.717) is 17.2 Å². The Morgan fingerprint density at radius 1 is 1.19 bits per heavy atom. The lowest BCUT2D eigenvalue weighted by atomic mass is 9.91. The molecule has 0 radical (unpaired) electrons. The van der Waals surface area contributed by atoms with E-state index in [1.807, 2.05) is 24.3 Å². The minimum Gasteiger partial charge on any atom is -0.326 e. The number of alkyl halides is 3. The third kappa shape index (κ3) is 4.89. The first-order valence-corrected chi connectivity index (χ1v) is 9.13. The van der Waals surface area contributed by atoms with Crippen LogP contribution >= 0.6 is 0 Å². The van der Waals surface area contributed by atoms with E-state index < -0.39 is 17.7 Å². The van der Waals surface area contributed by atoms with Crippen molar-refractivity contribution in [3.8, 4) is 0 Å². The Kier molecular flexibility index (Phi) is 5.85. The molecule has 2 aromatic rings. The van der Waals surface area contributed by atoms with Crippen LogP contribution < -0.4 is 10.6 Å². The smallest absolute Gasteiger partial charge is 0.326 e. The fourth-order valence-corrected chi connectivity index (χ4v) is 3.36. The van der Waals surface area contributed by atoms with E-state index >= 15 is 0 Å². The summed E-state index contributed by atoms with van der Waals surface area (Å²) in [5.74, 6) is -0.538. The van der Waals surface area contributed by atoms with Crippen LogP contribution in [0, 0.1) is 0 Å². The first-order chi connectivity index (χ1) is 12.8. The maximum Gasteiger partial charge on any atom is 0.416 e. The maximum atomic E-state index is 12.9. The Balaban J connectivity index is 1.66. The van der Waals surface area contributed by atoms with Crippen molar-refractivity contribution < 1.29 is 18.0 Å². The minimum atomic E-state index is -4.42. The number of amides is 1. The fourth-order valence-electron chi connectivity index (χ4n) is 3.36. The van der Waals surface area contributed by atoms with Gasteiger partial charge >= 0.3 is 6.18 Å². The van der Waals surface area contributed by atoms with Crippen molar-refractivity contribution in [1.82, 2.24) is 5.32 Å². The fraction of sp³-hybridized carbons (Fsp3) is 0.381. The van der Waals surface area contributed by atoms with Crippen molar-refractivity contribution in [3.05, 3.63) is 65.2 Å². The first kappa shape index (κ1) is 19.4. The summed E-state index contributed by atoms with van der Waals surface area (Å²) in [5, 5.41) is 6.17. The van der Waals surface area contributed by atoms with Gasteiger partial charge < -0.3 is 10.6 Å². The molecule has 2 N–H and O–H groups in total. The Hall–Kier alpha value is -2.34. The van der Waals surface area contributed by atoms with Crippen molar-refractivity contribution in [1.29, 1.82) is 0 Å². The van der Waals surface area contributed by atoms with E-state index in [4.69, 9.17) is 0 Å². The summed E-state index contributed by atoms with van der Waals surface area (Å²) in [6.07, 6.45) is -2.13. The number of anilines is 1. The summed E-state index contributed by atoms with van der Waals surface area (Å²) in [4.78, 5) is 12.5. The van der Waals surface area contributed by atoms with Crippen LogP contribution in [0.3, 0.4) is 0 Å². The zero-order valence-electron chi connectivity index (χ0n) is 15.1. The zero-order valence-corrected chi connectivity index (χ0v) is 15.1. The maximum absolute atomic E-state index is 12.9. The number of hydrogen-bond donors (Lipinski definition) is 2. The van der Waals surface area contributed by atoms with Crippen molar-refractivity contribution >= 4 is 11.6 Å². The standard InChI is InChI=1S/C21H23F3N2O/c1-14(16-4-2-6-18(12-16)21(22,23)24)20(27)26-19-9-7-15(8-10-19)17-5-3-11-25-13-17/h2,4,6-10,12,14,17,25H,3,5,11,13H2,1H3,(H,26,27)/t14-,17?/m0/s1. The van der Waals surface area contributed by atoms with Gasteiger partial charge in [-0.25, -0.2) is 0 Å². The number of rotatable bonds is 4. The van der Waals surface area contributed by atoms with Gasteiger partial charge in [-0.15, -0.1) is 0 Å². The Bertz CT molecular complexity index is 781. The molecule has 1 aliphatic rings. The molecule has 1 unspecified atom stereocenters. The van der Waals surface area contributed by atoms with Crippen LogP contribution in [0.25, 0.3) is 0 Å². The molecular formula is C21H23F3N2O. The van der Waals surface area contributed by atoms with Crippen molar-refractivity contribution in [3.63, 3.8) is 0 Å². The lowest BCUT2D eigenvalue weighted by molar-refractivity contribution is -0.137. The highest BCUT2D eigenvalue weighted by Crippen LogP contribution is 2.31. The second-order valence-electron chi connectivity index (χ2n) is 7.00. The summed E-state index contributed by atoms with van der Waals surface area (Å²) in [6, 6.07) is 12.6. The molecular weight excluding hydrogens is 353 g/mol. The van der Waals surface area contributed by atoms with E-state index in [-0.39, 0.29) is 5.91 Å². The molecule has 0 aromatic heterocycles. The van der Waals surface area contributed by atoms with Gasteiger partial charge in [0, 0.05) is 12.2 Å². The molecule has 3 rings (SSSR count). The second kappa shape index (κ2) is 8.13. The predicted octanol–water partition coefficient (Wildman–Crippen LogP) is 4.91. The third-order valence-electron chi connectivity index (χ3n) is 5.05. The molecule has 2 aromatic carbocycles. The molecule has 3 nitrogen and oxygen atoms in total. The quantitative estimate of drug-likeness (QED) is 0.796. The average Bonchev–Trinajstić information content (AvgIpc) is 2.68. The summed E-state index contributed by atoms with van der Waals surface area (Å²) >= 11 is 0. The molecule has 27 heavy (non-hydrogen) atoms. The molecule has 1 heterocycles. The largest absolute Gasteiger partial charge is 0.416 e. The van der Waals surface area contributed by atoms with Gasteiger partial charge in [-0.1, -0.05) is 30.3 Å².